The molecule has 0 radical (unpaired) electrons. The summed E-state index contributed by atoms with van der Waals surface area (Å²) in [5, 5.41) is 8.93. The van der Waals surface area contributed by atoms with Crippen molar-refractivity contribution in [3.05, 3.63) is 11.6 Å². The minimum absolute atomic E-state index is 0.0747. The first-order valence-corrected chi connectivity index (χ1v) is 6.93. The van der Waals surface area contributed by atoms with Gasteiger partial charge in [0.2, 0.25) is 0 Å². The monoisotopic (exact) mass is 272 g/mol. The summed E-state index contributed by atoms with van der Waals surface area (Å²) >= 11 is 0. The Bertz CT molecular complexity index is 282. The molecule has 5 heteroatoms. The lowest BCUT2D eigenvalue weighted by molar-refractivity contribution is -0.161. The third kappa shape index (κ3) is 7.30. The molecule has 110 valence electrons. The third-order valence-corrected chi connectivity index (χ3v) is 2.92. The van der Waals surface area contributed by atoms with Crippen molar-refractivity contribution in [3.63, 3.8) is 0 Å². The maximum absolute atomic E-state index is 11.4. The Morgan fingerprint density at radius 3 is 2.95 bits per heavy atom. The van der Waals surface area contributed by atoms with Crippen molar-refractivity contribution in [2.75, 3.05) is 26.4 Å². The molecular formula is C14H24O5. The lowest BCUT2D eigenvalue weighted by Crippen LogP contribution is -2.22. The van der Waals surface area contributed by atoms with Crippen molar-refractivity contribution in [2.45, 2.75) is 45.3 Å². The zero-order valence-electron chi connectivity index (χ0n) is 11.6. The number of ether oxygens (including phenoxy) is 3. The van der Waals surface area contributed by atoms with Crippen LogP contribution in [0.15, 0.2) is 11.6 Å². The van der Waals surface area contributed by atoms with Crippen molar-refractivity contribution < 1.29 is 24.1 Å². The summed E-state index contributed by atoms with van der Waals surface area (Å²) < 4.78 is 15.9. The Morgan fingerprint density at radius 1 is 1.47 bits per heavy atom. The second kappa shape index (κ2) is 9.95. The molecule has 19 heavy (non-hydrogen) atoms. The van der Waals surface area contributed by atoms with E-state index in [0.29, 0.717) is 19.6 Å². The van der Waals surface area contributed by atoms with Crippen LogP contribution in [0.3, 0.4) is 0 Å². The largest absolute Gasteiger partial charge is 0.466 e. The summed E-state index contributed by atoms with van der Waals surface area (Å²) in [6.07, 6.45) is 5.50. The average Bonchev–Trinajstić information content (AvgIpc) is 2.40. The number of rotatable bonds is 8. The van der Waals surface area contributed by atoms with Crippen LogP contribution in [-0.4, -0.2) is 43.8 Å². The van der Waals surface area contributed by atoms with E-state index in [9.17, 15) is 4.79 Å². The molecule has 0 aromatic heterocycles. The van der Waals surface area contributed by atoms with Crippen molar-refractivity contribution >= 4 is 5.97 Å². The Balaban J connectivity index is 2.25. The maximum Gasteiger partial charge on any atom is 0.309 e. The van der Waals surface area contributed by atoms with Crippen molar-refractivity contribution in [1.82, 2.24) is 0 Å². The first-order valence-electron chi connectivity index (χ1n) is 6.93. The first kappa shape index (κ1) is 16.1. The molecular weight excluding hydrogens is 248 g/mol. The predicted octanol–water partition coefficient (Wildman–Crippen LogP) is 1.79. The number of hydrogen-bond donors (Lipinski definition) is 1. The zero-order valence-corrected chi connectivity index (χ0v) is 11.6. The van der Waals surface area contributed by atoms with Gasteiger partial charge < -0.3 is 19.3 Å². The van der Waals surface area contributed by atoms with Crippen LogP contribution in [0.2, 0.25) is 0 Å². The van der Waals surface area contributed by atoms with Crippen molar-refractivity contribution in [3.8, 4) is 0 Å². The molecule has 1 N–H and O–H groups in total. The van der Waals surface area contributed by atoms with Gasteiger partial charge in [0.15, 0.2) is 6.29 Å². The van der Waals surface area contributed by atoms with Crippen molar-refractivity contribution in [2.24, 2.45) is 0 Å². The summed E-state index contributed by atoms with van der Waals surface area (Å²) in [5.41, 5.74) is 0.844. The number of carbonyl (C=O) groups excluding carboxylic acids is 1. The summed E-state index contributed by atoms with van der Waals surface area (Å²) in [5.74, 6) is -0.267. The number of carbonyl (C=O) groups is 1. The summed E-state index contributed by atoms with van der Waals surface area (Å²) in [6.45, 7) is 3.33. The second-order valence-electron chi connectivity index (χ2n) is 4.44. The van der Waals surface area contributed by atoms with E-state index in [1.165, 1.54) is 0 Å². The molecule has 0 spiro atoms. The van der Waals surface area contributed by atoms with Crippen LogP contribution in [0, 0.1) is 0 Å². The standard InChI is InChI=1S/C14H24O5/c1-2-17-13(16)11-12(6-8-15)7-10-19-14-5-3-4-9-18-14/h6,14-15H,2-5,7-11H2,1H3/b12-6-. The molecule has 1 unspecified atom stereocenters. The number of esters is 1. The van der Waals surface area contributed by atoms with Gasteiger partial charge in [0, 0.05) is 6.61 Å². The molecule has 0 aromatic rings. The Morgan fingerprint density at radius 2 is 2.32 bits per heavy atom. The normalized spacial score (nSPS) is 20.3. The van der Waals surface area contributed by atoms with E-state index in [0.717, 1.165) is 31.4 Å². The van der Waals surface area contributed by atoms with Gasteiger partial charge in [-0.05, 0) is 32.6 Å². The van der Waals surface area contributed by atoms with E-state index in [4.69, 9.17) is 19.3 Å². The first-order chi connectivity index (χ1) is 9.26. The minimum Gasteiger partial charge on any atom is -0.466 e. The predicted molar refractivity (Wildman–Crippen MR) is 70.6 cm³/mol. The number of aliphatic hydroxyl groups is 1. The smallest absolute Gasteiger partial charge is 0.309 e. The molecule has 1 saturated heterocycles. The van der Waals surface area contributed by atoms with Gasteiger partial charge >= 0.3 is 5.97 Å². The van der Waals surface area contributed by atoms with Crippen LogP contribution < -0.4 is 0 Å². The van der Waals surface area contributed by atoms with Crippen LogP contribution in [0.4, 0.5) is 0 Å². The van der Waals surface area contributed by atoms with E-state index in [1.807, 2.05) is 0 Å². The fourth-order valence-corrected chi connectivity index (χ4v) is 1.95. The lowest BCUT2D eigenvalue weighted by atomic mass is 10.1. The van der Waals surface area contributed by atoms with Gasteiger partial charge in [0.25, 0.3) is 0 Å². The van der Waals surface area contributed by atoms with Gasteiger partial charge in [-0.3, -0.25) is 4.79 Å². The van der Waals surface area contributed by atoms with Crippen LogP contribution >= 0.6 is 0 Å². The highest BCUT2D eigenvalue weighted by Gasteiger charge is 2.14. The fraction of sp³-hybridized carbons (Fsp3) is 0.786. The van der Waals surface area contributed by atoms with E-state index < -0.39 is 0 Å². The van der Waals surface area contributed by atoms with Crippen LogP contribution in [0.1, 0.15) is 39.0 Å². The summed E-state index contributed by atoms with van der Waals surface area (Å²) in [7, 11) is 0. The zero-order chi connectivity index (χ0) is 13.9. The molecule has 1 fully saturated rings. The average molecular weight is 272 g/mol. The fourth-order valence-electron chi connectivity index (χ4n) is 1.95. The quantitative estimate of drug-likeness (QED) is 0.539. The van der Waals surface area contributed by atoms with Crippen LogP contribution in [-0.2, 0) is 19.0 Å². The molecule has 5 nitrogen and oxygen atoms in total. The SMILES string of the molecule is CCOC(=O)C/C(=C\CO)CCOC1CCCCO1. The molecule has 0 aliphatic carbocycles. The van der Waals surface area contributed by atoms with Crippen LogP contribution in [0.25, 0.3) is 0 Å². The van der Waals surface area contributed by atoms with Gasteiger partial charge in [0.1, 0.15) is 0 Å². The third-order valence-electron chi connectivity index (χ3n) is 2.92. The Hall–Kier alpha value is -0.910. The molecule has 0 saturated carbocycles. The molecule has 1 aliphatic heterocycles. The van der Waals surface area contributed by atoms with Gasteiger partial charge in [-0.1, -0.05) is 11.6 Å². The van der Waals surface area contributed by atoms with E-state index in [-0.39, 0.29) is 25.3 Å². The van der Waals surface area contributed by atoms with Crippen molar-refractivity contribution in [1.29, 1.82) is 0 Å². The molecule has 1 heterocycles. The van der Waals surface area contributed by atoms with Gasteiger partial charge in [-0.15, -0.1) is 0 Å². The molecule has 0 amide bonds. The highest BCUT2D eigenvalue weighted by Crippen LogP contribution is 2.15. The molecule has 0 aromatic carbocycles. The molecule has 1 atom stereocenters. The van der Waals surface area contributed by atoms with Crippen LogP contribution in [0.5, 0.6) is 0 Å². The van der Waals surface area contributed by atoms with E-state index >= 15 is 0 Å². The highest BCUT2D eigenvalue weighted by molar-refractivity contribution is 5.72. The summed E-state index contributed by atoms with van der Waals surface area (Å²) in [4.78, 5) is 11.4. The van der Waals surface area contributed by atoms with Gasteiger partial charge in [0.05, 0.1) is 26.2 Å². The highest BCUT2D eigenvalue weighted by atomic mass is 16.7. The van der Waals surface area contributed by atoms with E-state index in [2.05, 4.69) is 0 Å². The molecule has 1 aliphatic rings. The minimum atomic E-state index is -0.267. The van der Waals surface area contributed by atoms with Gasteiger partial charge in [-0.25, -0.2) is 0 Å². The molecule has 0 bridgehead atoms. The Labute approximate surface area is 114 Å². The molecule has 1 rings (SSSR count). The number of hydrogen-bond acceptors (Lipinski definition) is 5. The second-order valence-corrected chi connectivity index (χ2v) is 4.44. The summed E-state index contributed by atoms with van der Waals surface area (Å²) in [6, 6.07) is 0. The van der Waals surface area contributed by atoms with E-state index in [1.54, 1.807) is 13.0 Å². The maximum atomic E-state index is 11.4. The lowest BCUT2D eigenvalue weighted by Gasteiger charge is -2.22. The topological polar surface area (TPSA) is 65.0 Å². The Kier molecular flexibility index (Phi) is 8.45. The number of aliphatic hydroxyl groups excluding tert-OH is 1. The van der Waals surface area contributed by atoms with Gasteiger partial charge in [-0.2, -0.15) is 0 Å².